The van der Waals surface area contributed by atoms with E-state index in [1.54, 1.807) is 0 Å². The number of nitrogens with one attached hydrogen (secondary N) is 2. The van der Waals surface area contributed by atoms with Gasteiger partial charge in [-0.1, -0.05) is 0 Å². The molecule has 3 saturated heterocycles. The van der Waals surface area contributed by atoms with Crippen molar-refractivity contribution in [1.29, 1.82) is 0 Å². The SMILES string of the molecule is O=C1CCC(C(=O)N2CCC(C3CCCN3)CC2)CN1. The van der Waals surface area contributed by atoms with Crippen LogP contribution in [0.15, 0.2) is 0 Å². The van der Waals surface area contributed by atoms with Crippen LogP contribution in [0, 0.1) is 11.8 Å². The van der Waals surface area contributed by atoms with Crippen LogP contribution in [0.5, 0.6) is 0 Å². The third kappa shape index (κ3) is 2.97. The lowest BCUT2D eigenvalue weighted by molar-refractivity contribution is -0.138. The van der Waals surface area contributed by atoms with Gasteiger partial charge in [0.2, 0.25) is 11.8 Å². The monoisotopic (exact) mass is 279 g/mol. The Hall–Kier alpha value is -1.10. The van der Waals surface area contributed by atoms with E-state index in [2.05, 4.69) is 10.6 Å². The summed E-state index contributed by atoms with van der Waals surface area (Å²) in [6, 6.07) is 0.682. The first-order chi connectivity index (χ1) is 9.74. The summed E-state index contributed by atoms with van der Waals surface area (Å²) < 4.78 is 0. The third-order valence-corrected chi connectivity index (χ3v) is 5.13. The number of carbonyl (C=O) groups excluding carboxylic acids is 2. The highest BCUT2D eigenvalue weighted by atomic mass is 16.2. The van der Waals surface area contributed by atoms with Crippen molar-refractivity contribution < 1.29 is 9.59 Å². The molecule has 3 heterocycles. The van der Waals surface area contributed by atoms with E-state index in [0.717, 1.165) is 44.8 Å². The quantitative estimate of drug-likeness (QED) is 0.774. The Morgan fingerprint density at radius 1 is 1.15 bits per heavy atom. The topological polar surface area (TPSA) is 61.4 Å². The van der Waals surface area contributed by atoms with E-state index < -0.39 is 0 Å². The maximum atomic E-state index is 12.4. The molecule has 2 unspecified atom stereocenters. The molecule has 0 aliphatic carbocycles. The lowest BCUT2D eigenvalue weighted by atomic mass is 9.87. The minimum absolute atomic E-state index is 0.00820. The first kappa shape index (κ1) is 13.9. The van der Waals surface area contributed by atoms with E-state index in [1.807, 2.05) is 4.90 Å². The minimum Gasteiger partial charge on any atom is -0.355 e. The van der Waals surface area contributed by atoms with Crippen molar-refractivity contribution in [2.45, 2.75) is 44.6 Å². The first-order valence-corrected chi connectivity index (χ1v) is 8.03. The van der Waals surface area contributed by atoms with Crippen LogP contribution in [-0.2, 0) is 9.59 Å². The molecule has 20 heavy (non-hydrogen) atoms. The van der Waals surface area contributed by atoms with E-state index in [0.29, 0.717) is 19.0 Å². The van der Waals surface area contributed by atoms with E-state index in [1.165, 1.54) is 12.8 Å². The molecular formula is C15H25N3O2. The molecule has 0 aromatic carbocycles. The molecule has 3 fully saturated rings. The number of piperidine rings is 2. The summed E-state index contributed by atoms with van der Waals surface area (Å²) in [5.74, 6) is 1.09. The van der Waals surface area contributed by atoms with Crippen LogP contribution in [0.25, 0.3) is 0 Å². The molecular weight excluding hydrogens is 254 g/mol. The van der Waals surface area contributed by atoms with Gasteiger partial charge in [-0.2, -0.15) is 0 Å². The Kier molecular flexibility index (Phi) is 4.24. The number of rotatable bonds is 2. The highest BCUT2D eigenvalue weighted by molar-refractivity contribution is 5.83. The van der Waals surface area contributed by atoms with E-state index >= 15 is 0 Å². The smallest absolute Gasteiger partial charge is 0.227 e. The second kappa shape index (κ2) is 6.12. The molecule has 3 aliphatic rings. The Bertz CT molecular complexity index is 361. The van der Waals surface area contributed by atoms with Gasteiger partial charge in [0.05, 0.1) is 5.92 Å². The van der Waals surface area contributed by atoms with E-state index in [4.69, 9.17) is 0 Å². The van der Waals surface area contributed by atoms with Gasteiger partial charge < -0.3 is 15.5 Å². The standard InChI is InChI=1S/C15H25N3O2/c19-14-4-3-12(10-17-14)15(20)18-8-5-11(6-9-18)13-2-1-7-16-13/h11-13,16H,1-10H2,(H,17,19). The third-order valence-electron chi connectivity index (χ3n) is 5.13. The molecule has 2 N–H and O–H groups in total. The first-order valence-electron chi connectivity index (χ1n) is 8.03. The average Bonchev–Trinajstić information content (AvgIpc) is 3.02. The molecule has 3 aliphatic heterocycles. The fourth-order valence-electron chi connectivity index (χ4n) is 3.84. The summed E-state index contributed by atoms with van der Waals surface area (Å²) in [6.07, 6.45) is 6.07. The highest BCUT2D eigenvalue weighted by Crippen LogP contribution is 2.27. The number of nitrogens with zero attached hydrogens (tertiary/aromatic N) is 1. The fraction of sp³-hybridized carbons (Fsp3) is 0.867. The molecule has 3 rings (SSSR count). The van der Waals surface area contributed by atoms with Gasteiger partial charge in [0, 0.05) is 32.1 Å². The number of hydrogen-bond donors (Lipinski definition) is 2. The van der Waals surface area contributed by atoms with Crippen LogP contribution in [0.1, 0.15) is 38.5 Å². The van der Waals surface area contributed by atoms with Crippen LogP contribution in [0.2, 0.25) is 0 Å². The van der Waals surface area contributed by atoms with Crippen molar-refractivity contribution in [2.24, 2.45) is 11.8 Å². The number of hydrogen-bond acceptors (Lipinski definition) is 3. The van der Waals surface area contributed by atoms with Gasteiger partial charge in [-0.05, 0) is 44.6 Å². The molecule has 5 nitrogen and oxygen atoms in total. The molecule has 0 aromatic heterocycles. The zero-order chi connectivity index (χ0) is 13.9. The zero-order valence-electron chi connectivity index (χ0n) is 12.1. The van der Waals surface area contributed by atoms with Crippen LogP contribution in [0.3, 0.4) is 0 Å². The molecule has 0 saturated carbocycles. The van der Waals surface area contributed by atoms with Crippen LogP contribution in [-0.4, -0.2) is 48.9 Å². The summed E-state index contributed by atoms with van der Waals surface area (Å²) >= 11 is 0. The van der Waals surface area contributed by atoms with Gasteiger partial charge >= 0.3 is 0 Å². The van der Waals surface area contributed by atoms with Gasteiger partial charge in [-0.3, -0.25) is 9.59 Å². The predicted octanol–water partition coefficient (Wildman–Crippen LogP) is 0.503. The van der Waals surface area contributed by atoms with Gasteiger partial charge in [0.1, 0.15) is 0 Å². The molecule has 2 atom stereocenters. The van der Waals surface area contributed by atoms with Gasteiger partial charge in [-0.25, -0.2) is 0 Å². The fourth-order valence-corrected chi connectivity index (χ4v) is 3.84. The maximum Gasteiger partial charge on any atom is 0.227 e. The lowest BCUT2D eigenvalue weighted by Crippen LogP contribution is -2.48. The normalized spacial score (nSPS) is 32.2. The van der Waals surface area contributed by atoms with Crippen molar-refractivity contribution in [3.8, 4) is 0 Å². The molecule has 0 aromatic rings. The second-order valence-corrected chi connectivity index (χ2v) is 6.41. The van der Waals surface area contributed by atoms with E-state index in [9.17, 15) is 9.59 Å². The summed E-state index contributed by atoms with van der Waals surface area (Å²) in [5, 5.41) is 6.40. The molecule has 0 spiro atoms. The predicted molar refractivity (Wildman–Crippen MR) is 76.1 cm³/mol. The van der Waals surface area contributed by atoms with Crippen molar-refractivity contribution in [3.05, 3.63) is 0 Å². The number of amides is 2. The molecule has 2 amide bonds. The second-order valence-electron chi connectivity index (χ2n) is 6.41. The van der Waals surface area contributed by atoms with Crippen LogP contribution < -0.4 is 10.6 Å². The molecule has 0 radical (unpaired) electrons. The van der Waals surface area contributed by atoms with Crippen molar-refractivity contribution in [1.82, 2.24) is 15.5 Å². The Morgan fingerprint density at radius 2 is 1.95 bits per heavy atom. The van der Waals surface area contributed by atoms with E-state index in [-0.39, 0.29) is 17.7 Å². The van der Waals surface area contributed by atoms with Crippen molar-refractivity contribution in [3.63, 3.8) is 0 Å². The summed E-state index contributed by atoms with van der Waals surface area (Å²) in [6.45, 7) is 3.48. The van der Waals surface area contributed by atoms with Crippen LogP contribution >= 0.6 is 0 Å². The number of likely N-dealkylation sites (tertiary alicyclic amines) is 1. The molecule has 0 bridgehead atoms. The van der Waals surface area contributed by atoms with Crippen LogP contribution in [0.4, 0.5) is 0 Å². The minimum atomic E-state index is 0.00820. The zero-order valence-corrected chi connectivity index (χ0v) is 12.1. The Morgan fingerprint density at radius 3 is 2.55 bits per heavy atom. The van der Waals surface area contributed by atoms with Crippen molar-refractivity contribution in [2.75, 3.05) is 26.2 Å². The highest BCUT2D eigenvalue weighted by Gasteiger charge is 2.33. The maximum absolute atomic E-state index is 12.4. The summed E-state index contributed by atoms with van der Waals surface area (Å²) in [4.78, 5) is 25.6. The Labute approximate surface area is 120 Å². The molecule has 112 valence electrons. The Balaban J connectivity index is 1.47. The molecule has 5 heteroatoms. The van der Waals surface area contributed by atoms with Gasteiger partial charge in [-0.15, -0.1) is 0 Å². The summed E-state index contributed by atoms with van der Waals surface area (Å²) in [7, 11) is 0. The largest absolute Gasteiger partial charge is 0.355 e. The number of carbonyl (C=O) groups is 2. The van der Waals surface area contributed by atoms with Gasteiger partial charge in [0.25, 0.3) is 0 Å². The van der Waals surface area contributed by atoms with Gasteiger partial charge in [0.15, 0.2) is 0 Å². The average molecular weight is 279 g/mol. The summed E-state index contributed by atoms with van der Waals surface area (Å²) in [5.41, 5.74) is 0. The van der Waals surface area contributed by atoms with Crippen molar-refractivity contribution >= 4 is 11.8 Å². The lowest BCUT2D eigenvalue weighted by Gasteiger charge is -2.37.